The molecule has 2 saturated heterocycles. The van der Waals surface area contributed by atoms with Crippen molar-refractivity contribution in [1.82, 2.24) is 4.90 Å². The SMILES string of the molecule is CC1CCN(C(=O)Nc2ccc(N3CCSCC3)cc2)CC1. The monoisotopic (exact) mass is 319 g/mol. The fourth-order valence-electron chi connectivity index (χ4n) is 2.99. The first-order valence-electron chi connectivity index (χ1n) is 8.21. The van der Waals surface area contributed by atoms with Crippen LogP contribution in [0.2, 0.25) is 0 Å². The summed E-state index contributed by atoms with van der Waals surface area (Å²) in [4.78, 5) is 16.6. The van der Waals surface area contributed by atoms with E-state index in [4.69, 9.17) is 0 Å². The van der Waals surface area contributed by atoms with Gasteiger partial charge in [0.1, 0.15) is 0 Å². The minimum absolute atomic E-state index is 0.0361. The van der Waals surface area contributed by atoms with Gasteiger partial charge in [-0.1, -0.05) is 6.92 Å². The Morgan fingerprint density at radius 1 is 1.09 bits per heavy atom. The summed E-state index contributed by atoms with van der Waals surface area (Å²) in [5, 5.41) is 3.02. The van der Waals surface area contributed by atoms with Crippen molar-refractivity contribution < 1.29 is 4.79 Å². The van der Waals surface area contributed by atoms with E-state index in [-0.39, 0.29) is 6.03 Å². The van der Waals surface area contributed by atoms with Gasteiger partial charge in [-0.05, 0) is 43.0 Å². The van der Waals surface area contributed by atoms with Crippen LogP contribution in [-0.4, -0.2) is 48.6 Å². The lowest BCUT2D eigenvalue weighted by Gasteiger charge is -2.30. The number of thioether (sulfide) groups is 1. The lowest BCUT2D eigenvalue weighted by Crippen LogP contribution is -2.40. The van der Waals surface area contributed by atoms with Crippen LogP contribution < -0.4 is 10.2 Å². The Labute approximate surface area is 137 Å². The lowest BCUT2D eigenvalue weighted by molar-refractivity contribution is 0.186. The highest BCUT2D eigenvalue weighted by Gasteiger charge is 2.20. The number of nitrogens with one attached hydrogen (secondary N) is 1. The maximum atomic E-state index is 12.3. The Morgan fingerprint density at radius 2 is 1.73 bits per heavy atom. The molecule has 2 heterocycles. The Hall–Kier alpha value is -1.36. The van der Waals surface area contributed by atoms with Crippen LogP contribution in [0.1, 0.15) is 19.8 Å². The highest BCUT2D eigenvalue weighted by Crippen LogP contribution is 2.22. The smallest absolute Gasteiger partial charge is 0.321 e. The third-order valence-electron chi connectivity index (χ3n) is 4.57. The molecule has 3 rings (SSSR count). The van der Waals surface area contributed by atoms with Gasteiger partial charge >= 0.3 is 6.03 Å². The Balaban J connectivity index is 1.55. The number of urea groups is 1. The summed E-state index contributed by atoms with van der Waals surface area (Å²) in [6.07, 6.45) is 2.22. The van der Waals surface area contributed by atoms with Crippen LogP contribution in [0.15, 0.2) is 24.3 Å². The molecule has 0 bridgehead atoms. The highest BCUT2D eigenvalue weighted by atomic mass is 32.2. The van der Waals surface area contributed by atoms with Crippen molar-refractivity contribution in [2.45, 2.75) is 19.8 Å². The van der Waals surface area contributed by atoms with E-state index in [9.17, 15) is 4.79 Å². The molecule has 4 nitrogen and oxygen atoms in total. The first kappa shape index (κ1) is 15.5. The molecule has 0 unspecified atom stereocenters. The van der Waals surface area contributed by atoms with Gasteiger partial charge in [-0.25, -0.2) is 4.79 Å². The molecule has 1 aromatic rings. The molecule has 2 aliphatic heterocycles. The van der Waals surface area contributed by atoms with Crippen molar-refractivity contribution in [2.24, 2.45) is 5.92 Å². The van der Waals surface area contributed by atoms with E-state index in [1.54, 1.807) is 0 Å². The maximum absolute atomic E-state index is 12.3. The second-order valence-electron chi connectivity index (χ2n) is 6.25. The average molecular weight is 319 g/mol. The van der Waals surface area contributed by atoms with Gasteiger partial charge in [-0.15, -0.1) is 0 Å². The molecular weight excluding hydrogens is 294 g/mol. The molecule has 2 aliphatic rings. The number of hydrogen-bond acceptors (Lipinski definition) is 3. The summed E-state index contributed by atoms with van der Waals surface area (Å²) in [5.41, 5.74) is 2.14. The molecule has 0 atom stereocenters. The van der Waals surface area contributed by atoms with E-state index in [0.717, 1.165) is 50.6 Å². The van der Waals surface area contributed by atoms with E-state index < -0.39 is 0 Å². The van der Waals surface area contributed by atoms with Gasteiger partial charge in [-0.3, -0.25) is 0 Å². The van der Waals surface area contributed by atoms with E-state index in [0.29, 0.717) is 0 Å². The number of amides is 2. The largest absolute Gasteiger partial charge is 0.370 e. The molecule has 1 aromatic carbocycles. The van der Waals surface area contributed by atoms with Crippen molar-refractivity contribution in [3.8, 4) is 0 Å². The summed E-state index contributed by atoms with van der Waals surface area (Å²) in [5.74, 6) is 3.14. The van der Waals surface area contributed by atoms with Gasteiger partial charge in [0, 0.05) is 49.1 Å². The molecule has 22 heavy (non-hydrogen) atoms. The zero-order valence-corrected chi connectivity index (χ0v) is 14.1. The van der Waals surface area contributed by atoms with Crippen molar-refractivity contribution >= 4 is 29.2 Å². The quantitative estimate of drug-likeness (QED) is 0.906. The van der Waals surface area contributed by atoms with E-state index in [1.807, 2.05) is 28.8 Å². The summed E-state index contributed by atoms with van der Waals surface area (Å²) in [6, 6.07) is 8.30. The molecule has 120 valence electrons. The maximum Gasteiger partial charge on any atom is 0.321 e. The van der Waals surface area contributed by atoms with Gasteiger partial charge < -0.3 is 15.1 Å². The number of piperidine rings is 1. The molecule has 2 fully saturated rings. The van der Waals surface area contributed by atoms with Crippen LogP contribution in [0.3, 0.4) is 0 Å². The van der Waals surface area contributed by atoms with Gasteiger partial charge in [0.25, 0.3) is 0 Å². The second kappa shape index (κ2) is 7.27. The summed E-state index contributed by atoms with van der Waals surface area (Å²) >= 11 is 2.02. The van der Waals surface area contributed by atoms with Crippen molar-refractivity contribution in [3.63, 3.8) is 0 Å². The van der Waals surface area contributed by atoms with Gasteiger partial charge in [-0.2, -0.15) is 11.8 Å². The van der Waals surface area contributed by atoms with Crippen molar-refractivity contribution in [1.29, 1.82) is 0 Å². The minimum Gasteiger partial charge on any atom is -0.370 e. The predicted octanol–water partition coefficient (Wildman–Crippen LogP) is 3.50. The molecule has 0 saturated carbocycles. The highest BCUT2D eigenvalue weighted by molar-refractivity contribution is 7.99. The van der Waals surface area contributed by atoms with E-state index >= 15 is 0 Å². The van der Waals surface area contributed by atoms with Crippen molar-refractivity contribution in [3.05, 3.63) is 24.3 Å². The van der Waals surface area contributed by atoms with Crippen LogP contribution in [0, 0.1) is 5.92 Å². The Bertz CT molecular complexity index is 491. The molecule has 1 N–H and O–H groups in total. The number of benzene rings is 1. The average Bonchev–Trinajstić information content (AvgIpc) is 2.57. The number of nitrogens with zero attached hydrogens (tertiary/aromatic N) is 2. The number of anilines is 2. The Morgan fingerprint density at radius 3 is 2.36 bits per heavy atom. The predicted molar refractivity (Wildman–Crippen MR) is 95.0 cm³/mol. The number of hydrogen-bond donors (Lipinski definition) is 1. The molecule has 0 spiro atoms. The van der Waals surface area contributed by atoms with Gasteiger partial charge in [0.2, 0.25) is 0 Å². The zero-order chi connectivity index (χ0) is 15.4. The fraction of sp³-hybridized carbons (Fsp3) is 0.588. The molecule has 0 aromatic heterocycles. The third-order valence-corrected chi connectivity index (χ3v) is 5.51. The number of rotatable bonds is 2. The standard InChI is InChI=1S/C17H25N3OS/c1-14-6-8-20(9-7-14)17(21)18-15-2-4-16(5-3-15)19-10-12-22-13-11-19/h2-5,14H,6-13H2,1H3,(H,18,21). The molecule has 2 amide bonds. The summed E-state index contributed by atoms with van der Waals surface area (Å²) < 4.78 is 0. The summed E-state index contributed by atoms with van der Waals surface area (Å²) in [6.45, 7) is 6.23. The van der Waals surface area contributed by atoms with Crippen molar-refractivity contribution in [2.75, 3.05) is 47.9 Å². The Kier molecular flexibility index (Phi) is 5.13. The second-order valence-corrected chi connectivity index (χ2v) is 7.47. The van der Waals surface area contributed by atoms with Crippen LogP contribution >= 0.6 is 11.8 Å². The topological polar surface area (TPSA) is 35.6 Å². The first-order chi connectivity index (χ1) is 10.7. The van der Waals surface area contributed by atoms with Crippen LogP contribution in [0.25, 0.3) is 0 Å². The third kappa shape index (κ3) is 3.88. The number of carbonyl (C=O) groups is 1. The normalized spacial score (nSPS) is 20.0. The first-order valence-corrected chi connectivity index (χ1v) is 9.36. The van der Waals surface area contributed by atoms with Crippen LogP contribution in [0.5, 0.6) is 0 Å². The van der Waals surface area contributed by atoms with Gasteiger partial charge in [0.15, 0.2) is 0 Å². The molecule has 0 radical (unpaired) electrons. The zero-order valence-electron chi connectivity index (χ0n) is 13.3. The van der Waals surface area contributed by atoms with Crippen LogP contribution in [0.4, 0.5) is 16.2 Å². The molecule has 0 aliphatic carbocycles. The summed E-state index contributed by atoms with van der Waals surface area (Å²) in [7, 11) is 0. The van der Waals surface area contributed by atoms with Gasteiger partial charge in [0.05, 0.1) is 0 Å². The van der Waals surface area contributed by atoms with E-state index in [1.165, 1.54) is 17.2 Å². The fourth-order valence-corrected chi connectivity index (χ4v) is 3.89. The van der Waals surface area contributed by atoms with E-state index in [2.05, 4.69) is 29.3 Å². The molecule has 5 heteroatoms. The number of carbonyl (C=O) groups excluding carboxylic acids is 1. The molecular formula is C17H25N3OS. The number of likely N-dealkylation sites (tertiary alicyclic amines) is 1. The minimum atomic E-state index is 0.0361. The van der Waals surface area contributed by atoms with Crippen LogP contribution in [-0.2, 0) is 0 Å². The lowest BCUT2D eigenvalue weighted by atomic mass is 10.00.